The van der Waals surface area contributed by atoms with Gasteiger partial charge in [-0.25, -0.2) is 8.78 Å². The molecule has 2 nitrogen and oxygen atoms in total. The summed E-state index contributed by atoms with van der Waals surface area (Å²) in [4.78, 5) is 5.03. The molecule has 0 N–H and O–H groups in total. The highest BCUT2D eigenvalue weighted by Gasteiger charge is 2.18. The number of benzene rings is 1. The van der Waals surface area contributed by atoms with Gasteiger partial charge >= 0.3 is 0 Å². The number of nitrogens with zero attached hydrogens (tertiary/aromatic N) is 1. The zero-order valence-corrected chi connectivity index (χ0v) is 8.77. The number of hydrogen-bond acceptors (Lipinski definition) is 2. The maximum Gasteiger partial charge on any atom is 0.263 e. The molecule has 0 aromatic heterocycles. The molecule has 1 fully saturated rings. The molecule has 1 aliphatic rings. The van der Waals surface area contributed by atoms with Crippen LogP contribution >= 0.6 is 0 Å². The van der Waals surface area contributed by atoms with Crippen molar-refractivity contribution < 1.29 is 13.6 Å². The second kappa shape index (κ2) is 5.05. The predicted molar refractivity (Wildman–Crippen MR) is 57.4 cm³/mol. The summed E-state index contributed by atoms with van der Waals surface area (Å²) in [6.07, 6.45) is 1.69. The van der Waals surface area contributed by atoms with E-state index in [1.54, 1.807) is 18.3 Å². The van der Waals surface area contributed by atoms with Gasteiger partial charge in [-0.3, -0.25) is 0 Å². The van der Waals surface area contributed by atoms with Crippen molar-refractivity contribution in [2.24, 2.45) is 11.1 Å². The molecule has 0 saturated heterocycles. The zero-order chi connectivity index (χ0) is 11.4. The molecule has 0 amide bonds. The van der Waals surface area contributed by atoms with Crippen molar-refractivity contribution in [1.29, 1.82) is 0 Å². The monoisotopic (exact) mass is 225 g/mol. The SMILES string of the molecule is FC(F)c1cccc(CON=CC2CC2)c1. The minimum Gasteiger partial charge on any atom is -0.391 e. The molecule has 16 heavy (non-hydrogen) atoms. The van der Waals surface area contributed by atoms with Crippen molar-refractivity contribution in [3.63, 3.8) is 0 Å². The Kier molecular flexibility index (Phi) is 3.49. The third-order valence-corrected chi connectivity index (χ3v) is 2.40. The Balaban J connectivity index is 1.85. The highest BCUT2D eigenvalue weighted by molar-refractivity contribution is 5.62. The van der Waals surface area contributed by atoms with E-state index in [0.29, 0.717) is 11.5 Å². The molecule has 0 radical (unpaired) electrons. The summed E-state index contributed by atoms with van der Waals surface area (Å²) in [7, 11) is 0. The lowest BCUT2D eigenvalue weighted by Crippen LogP contribution is -1.91. The molecule has 0 spiro atoms. The van der Waals surface area contributed by atoms with Crippen molar-refractivity contribution in [2.45, 2.75) is 25.9 Å². The van der Waals surface area contributed by atoms with Crippen LogP contribution in [0, 0.1) is 5.92 Å². The van der Waals surface area contributed by atoms with E-state index in [9.17, 15) is 8.78 Å². The second-order valence-corrected chi connectivity index (χ2v) is 3.91. The van der Waals surface area contributed by atoms with Crippen LogP contribution in [0.3, 0.4) is 0 Å². The van der Waals surface area contributed by atoms with Crippen LogP contribution in [0.4, 0.5) is 8.78 Å². The number of hydrogen-bond donors (Lipinski definition) is 0. The maximum absolute atomic E-state index is 12.4. The fraction of sp³-hybridized carbons (Fsp3) is 0.417. The van der Waals surface area contributed by atoms with Crippen LogP contribution < -0.4 is 0 Å². The molecule has 1 saturated carbocycles. The van der Waals surface area contributed by atoms with Crippen LogP contribution in [0.1, 0.15) is 30.4 Å². The Hall–Kier alpha value is -1.45. The smallest absolute Gasteiger partial charge is 0.263 e. The molecule has 0 heterocycles. The zero-order valence-electron chi connectivity index (χ0n) is 8.77. The van der Waals surface area contributed by atoms with Gasteiger partial charge in [0.05, 0.1) is 0 Å². The Morgan fingerprint density at radius 2 is 2.25 bits per heavy atom. The van der Waals surface area contributed by atoms with E-state index in [1.807, 2.05) is 0 Å². The quantitative estimate of drug-likeness (QED) is 0.554. The third-order valence-electron chi connectivity index (χ3n) is 2.40. The number of halogens is 2. The lowest BCUT2D eigenvalue weighted by atomic mass is 10.1. The first-order valence-corrected chi connectivity index (χ1v) is 5.28. The molecule has 0 unspecified atom stereocenters. The van der Waals surface area contributed by atoms with Gasteiger partial charge in [0.15, 0.2) is 0 Å². The Bertz CT molecular complexity index is 375. The first-order valence-electron chi connectivity index (χ1n) is 5.28. The van der Waals surface area contributed by atoms with Crippen molar-refractivity contribution >= 4 is 6.21 Å². The van der Waals surface area contributed by atoms with Crippen molar-refractivity contribution in [1.82, 2.24) is 0 Å². The Morgan fingerprint density at radius 3 is 2.94 bits per heavy atom. The van der Waals surface area contributed by atoms with Crippen LogP contribution in [0.2, 0.25) is 0 Å². The fourth-order valence-electron chi connectivity index (χ4n) is 1.30. The highest BCUT2D eigenvalue weighted by atomic mass is 19.3. The summed E-state index contributed by atoms with van der Waals surface area (Å²) in [6, 6.07) is 6.20. The first kappa shape index (κ1) is 11.0. The minimum absolute atomic E-state index is 0.0206. The van der Waals surface area contributed by atoms with Gasteiger partial charge in [-0.05, 0) is 30.4 Å². The Labute approximate surface area is 92.9 Å². The molecule has 1 aromatic carbocycles. The fourth-order valence-corrected chi connectivity index (χ4v) is 1.30. The van der Waals surface area contributed by atoms with Gasteiger partial charge in [0, 0.05) is 11.8 Å². The van der Waals surface area contributed by atoms with Gasteiger partial charge in [-0.1, -0.05) is 23.4 Å². The van der Waals surface area contributed by atoms with Gasteiger partial charge in [0.1, 0.15) is 6.61 Å². The number of oxime groups is 1. The predicted octanol–water partition coefficient (Wildman–Crippen LogP) is 3.54. The van der Waals surface area contributed by atoms with Gasteiger partial charge < -0.3 is 4.84 Å². The molecule has 1 aromatic rings. The molecule has 1 aliphatic carbocycles. The molecule has 2 rings (SSSR count). The third kappa shape index (κ3) is 3.29. The summed E-state index contributed by atoms with van der Waals surface area (Å²) in [5, 5.41) is 3.79. The lowest BCUT2D eigenvalue weighted by Gasteiger charge is -2.03. The second-order valence-electron chi connectivity index (χ2n) is 3.91. The highest BCUT2D eigenvalue weighted by Crippen LogP contribution is 2.26. The standard InChI is InChI=1S/C12H13F2NO/c13-12(14)11-3-1-2-10(6-11)8-16-15-7-9-4-5-9/h1-3,6-7,9,12H,4-5,8H2. The normalized spacial score (nSPS) is 15.9. The van der Waals surface area contributed by atoms with Crippen LogP contribution in [-0.4, -0.2) is 6.21 Å². The minimum atomic E-state index is -2.44. The van der Waals surface area contributed by atoms with E-state index in [0.717, 1.165) is 0 Å². The van der Waals surface area contributed by atoms with Gasteiger partial charge in [-0.2, -0.15) is 0 Å². The Morgan fingerprint density at radius 1 is 1.44 bits per heavy atom. The first-order chi connectivity index (χ1) is 7.75. The van der Waals surface area contributed by atoms with E-state index < -0.39 is 6.43 Å². The topological polar surface area (TPSA) is 21.6 Å². The van der Waals surface area contributed by atoms with E-state index in [-0.39, 0.29) is 12.2 Å². The van der Waals surface area contributed by atoms with E-state index >= 15 is 0 Å². The van der Waals surface area contributed by atoms with Crippen molar-refractivity contribution in [2.75, 3.05) is 0 Å². The summed E-state index contributed by atoms with van der Waals surface area (Å²) in [6.45, 7) is 0.240. The molecule has 0 bridgehead atoms. The van der Waals surface area contributed by atoms with Gasteiger partial charge in [0.25, 0.3) is 6.43 Å². The molecule has 86 valence electrons. The average molecular weight is 225 g/mol. The summed E-state index contributed by atoms with van der Waals surface area (Å²) in [5.74, 6) is 0.562. The van der Waals surface area contributed by atoms with Crippen molar-refractivity contribution in [3.8, 4) is 0 Å². The van der Waals surface area contributed by atoms with Crippen LogP contribution in [0.25, 0.3) is 0 Å². The molecule has 4 heteroatoms. The molecular formula is C12H13F2NO. The number of rotatable bonds is 5. The van der Waals surface area contributed by atoms with Crippen LogP contribution in [0.15, 0.2) is 29.4 Å². The molecule has 0 aliphatic heterocycles. The van der Waals surface area contributed by atoms with Crippen LogP contribution in [0.5, 0.6) is 0 Å². The summed E-state index contributed by atoms with van der Waals surface area (Å²) >= 11 is 0. The maximum atomic E-state index is 12.4. The average Bonchev–Trinajstić information content (AvgIpc) is 3.09. The largest absolute Gasteiger partial charge is 0.391 e. The van der Waals surface area contributed by atoms with E-state index in [1.165, 1.54) is 25.0 Å². The van der Waals surface area contributed by atoms with Crippen LogP contribution in [-0.2, 0) is 11.4 Å². The van der Waals surface area contributed by atoms with Gasteiger partial charge in [-0.15, -0.1) is 0 Å². The number of alkyl halides is 2. The van der Waals surface area contributed by atoms with Gasteiger partial charge in [0.2, 0.25) is 0 Å². The van der Waals surface area contributed by atoms with E-state index in [2.05, 4.69) is 5.16 Å². The summed E-state index contributed by atoms with van der Waals surface area (Å²) < 4.78 is 24.8. The lowest BCUT2D eigenvalue weighted by molar-refractivity contribution is 0.130. The summed E-state index contributed by atoms with van der Waals surface area (Å²) in [5.41, 5.74) is 0.734. The van der Waals surface area contributed by atoms with E-state index in [4.69, 9.17) is 4.84 Å². The molecular weight excluding hydrogens is 212 g/mol. The van der Waals surface area contributed by atoms with Crippen molar-refractivity contribution in [3.05, 3.63) is 35.4 Å². The molecule has 0 atom stereocenters.